The van der Waals surface area contributed by atoms with Gasteiger partial charge in [0.1, 0.15) is 5.58 Å². The number of benzene rings is 1. The van der Waals surface area contributed by atoms with Crippen LogP contribution in [0.2, 0.25) is 0 Å². The van der Waals surface area contributed by atoms with Crippen LogP contribution in [0.5, 0.6) is 0 Å². The van der Waals surface area contributed by atoms with Gasteiger partial charge in [-0.05, 0) is 30.9 Å². The molecule has 1 N–H and O–H groups in total. The Bertz CT molecular complexity index is 626. The van der Waals surface area contributed by atoms with Crippen LogP contribution in [-0.2, 0) is 22.4 Å². The number of hydrogen-bond acceptors (Lipinski definition) is 3. The maximum Gasteiger partial charge on any atom is 0.224 e. The lowest BCUT2D eigenvalue weighted by molar-refractivity contribution is -0.120. The molecule has 112 valence electrons. The van der Waals surface area contributed by atoms with Gasteiger partial charge in [-0.2, -0.15) is 0 Å². The molecule has 21 heavy (non-hydrogen) atoms. The molecule has 4 nitrogen and oxygen atoms in total. The van der Waals surface area contributed by atoms with Gasteiger partial charge in [-0.3, -0.25) is 4.79 Å². The molecule has 0 saturated carbocycles. The zero-order valence-corrected chi connectivity index (χ0v) is 12.4. The van der Waals surface area contributed by atoms with Gasteiger partial charge in [0.05, 0.1) is 18.8 Å². The molecule has 1 saturated heterocycles. The summed E-state index contributed by atoms with van der Waals surface area (Å²) in [5.41, 5.74) is 3.04. The van der Waals surface area contributed by atoms with Crippen LogP contribution in [-0.4, -0.2) is 25.2 Å². The lowest BCUT2D eigenvalue weighted by atomic mass is 10.1. The highest BCUT2D eigenvalue weighted by molar-refractivity contribution is 5.87. The van der Waals surface area contributed by atoms with Crippen LogP contribution in [0.25, 0.3) is 11.0 Å². The second-order valence-electron chi connectivity index (χ2n) is 5.56. The quantitative estimate of drug-likeness (QED) is 0.920. The summed E-state index contributed by atoms with van der Waals surface area (Å²) in [6.07, 6.45) is 5.33. The van der Waals surface area contributed by atoms with Crippen molar-refractivity contribution < 1.29 is 13.9 Å². The second-order valence-corrected chi connectivity index (χ2v) is 5.56. The Morgan fingerprint density at radius 2 is 2.33 bits per heavy atom. The third-order valence-electron chi connectivity index (χ3n) is 4.03. The van der Waals surface area contributed by atoms with E-state index in [-0.39, 0.29) is 12.0 Å². The van der Waals surface area contributed by atoms with E-state index in [1.807, 2.05) is 12.1 Å². The summed E-state index contributed by atoms with van der Waals surface area (Å²) >= 11 is 0. The molecule has 3 rings (SSSR count). The van der Waals surface area contributed by atoms with Gasteiger partial charge in [0.15, 0.2) is 0 Å². The molecule has 2 heterocycles. The Labute approximate surface area is 124 Å². The van der Waals surface area contributed by atoms with Gasteiger partial charge in [-0.25, -0.2) is 0 Å². The molecule has 1 aliphatic rings. The summed E-state index contributed by atoms with van der Waals surface area (Å²) < 4.78 is 11.1. The van der Waals surface area contributed by atoms with Gasteiger partial charge in [-0.1, -0.05) is 19.1 Å². The summed E-state index contributed by atoms with van der Waals surface area (Å²) in [5, 5.41) is 3.97. The van der Waals surface area contributed by atoms with E-state index >= 15 is 0 Å². The molecule has 1 aromatic heterocycles. The Morgan fingerprint density at radius 1 is 1.43 bits per heavy atom. The van der Waals surface area contributed by atoms with Crippen LogP contribution in [0, 0.1) is 0 Å². The number of carbonyl (C=O) groups is 1. The number of nitrogens with one attached hydrogen (secondary N) is 1. The zero-order chi connectivity index (χ0) is 14.7. The van der Waals surface area contributed by atoms with E-state index in [0.717, 1.165) is 42.4 Å². The highest BCUT2D eigenvalue weighted by atomic mass is 16.5. The van der Waals surface area contributed by atoms with Crippen LogP contribution in [0.15, 0.2) is 28.9 Å². The molecule has 1 unspecified atom stereocenters. The van der Waals surface area contributed by atoms with Crippen LogP contribution < -0.4 is 5.32 Å². The molecule has 0 spiro atoms. The zero-order valence-electron chi connectivity index (χ0n) is 12.4. The number of ether oxygens (including phenoxy) is 1. The summed E-state index contributed by atoms with van der Waals surface area (Å²) in [7, 11) is 0. The van der Waals surface area contributed by atoms with Crippen LogP contribution >= 0.6 is 0 Å². The molecular weight excluding hydrogens is 266 g/mol. The van der Waals surface area contributed by atoms with Crippen molar-refractivity contribution in [2.24, 2.45) is 0 Å². The minimum atomic E-state index is 0.0211. The number of hydrogen-bond donors (Lipinski definition) is 1. The highest BCUT2D eigenvalue weighted by Crippen LogP contribution is 2.23. The molecule has 4 heteroatoms. The molecular formula is C17H21NO3. The average molecular weight is 287 g/mol. The van der Waals surface area contributed by atoms with Crippen molar-refractivity contribution in [1.82, 2.24) is 5.32 Å². The maximum atomic E-state index is 12.0. The monoisotopic (exact) mass is 287 g/mol. The third kappa shape index (κ3) is 3.27. The normalized spacial score (nSPS) is 18.2. The Hall–Kier alpha value is -1.81. The van der Waals surface area contributed by atoms with Crippen molar-refractivity contribution in [3.05, 3.63) is 35.6 Å². The fraction of sp³-hybridized carbons (Fsp3) is 0.471. The summed E-state index contributed by atoms with van der Waals surface area (Å²) in [5.74, 6) is 0.0211. The van der Waals surface area contributed by atoms with E-state index in [4.69, 9.17) is 9.15 Å². The van der Waals surface area contributed by atoms with Gasteiger partial charge < -0.3 is 14.5 Å². The smallest absolute Gasteiger partial charge is 0.224 e. The lowest BCUT2D eigenvalue weighted by Gasteiger charge is -2.10. The van der Waals surface area contributed by atoms with Crippen LogP contribution in [0.3, 0.4) is 0 Å². The molecule has 1 amide bonds. The summed E-state index contributed by atoms with van der Waals surface area (Å²) in [6.45, 7) is 3.53. The van der Waals surface area contributed by atoms with E-state index in [2.05, 4.69) is 18.3 Å². The van der Waals surface area contributed by atoms with Gasteiger partial charge in [0.2, 0.25) is 5.91 Å². The van der Waals surface area contributed by atoms with Crippen molar-refractivity contribution in [3.8, 4) is 0 Å². The fourth-order valence-corrected chi connectivity index (χ4v) is 2.75. The number of carbonyl (C=O) groups excluding carboxylic acids is 1. The van der Waals surface area contributed by atoms with E-state index in [9.17, 15) is 4.79 Å². The predicted molar refractivity (Wildman–Crippen MR) is 81.3 cm³/mol. The SMILES string of the molecule is CCc1ccc2c(CC(=O)NCC3CCCO3)coc2c1. The Kier molecular flexibility index (Phi) is 4.25. The highest BCUT2D eigenvalue weighted by Gasteiger charge is 2.17. The molecule has 1 aliphatic heterocycles. The maximum absolute atomic E-state index is 12.0. The van der Waals surface area contributed by atoms with Crippen molar-refractivity contribution in [2.75, 3.05) is 13.2 Å². The van der Waals surface area contributed by atoms with Crippen molar-refractivity contribution in [1.29, 1.82) is 0 Å². The molecule has 2 aromatic rings. The molecule has 1 aromatic carbocycles. The summed E-state index contributed by atoms with van der Waals surface area (Å²) in [4.78, 5) is 12.0. The minimum absolute atomic E-state index is 0.0211. The van der Waals surface area contributed by atoms with Gasteiger partial charge >= 0.3 is 0 Å². The minimum Gasteiger partial charge on any atom is -0.464 e. The number of furan rings is 1. The second kappa shape index (κ2) is 6.31. The first-order valence-corrected chi connectivity index (χ1v) is 7.63. The first-order chi connectivity index (χ1) is 10.3. The fourth-order valence-electron chi connectivity index (χ4n) is 2.75. The van der Waals surface area contributed by atoms with Crippen molar-refractivity contribution >= 4 is 16.9 Å². The Balaban J connectivity index is 1.62. The molecule has 0 bridgehead atoms. The average Bonchev–Trinajstić information content (AvgIpc) is 3.14. The first kappa shape index (κ1) is 14.1. The topological polar surface area (TPSA) is 51.5 Å². The Morgan fingerprint density at radius 3 is 3.10 bits per heavy atom. The largest absolute Gasteiger partial charge is 0.464 e. The van der Waals surface area contributed by atoms with Crippen LogP contribution in [0.1, 0.15) is 30.9 Å². The van der Waals surface area contributed by atoms with E-state index in [1.165, 1.54) is 5.56 Å². The lowest BCUT2D eigenvalue weighted by Crippen LogP contribution is -2.32. The number of amides is 1. The van der Waals surface area contributed by atoms with Crippen molar-refractivity contribution in [3.63, 3.8) is 0 Å². The first-order valence-electron chi connectivity index (χ1n) is 7.63. The summed E-state index contributed by atoms with van der Waals surface area (Å²) in [6, 6.07) is 6.18. The van der Waals surface area contributed by atoms with Gasteiger partial charge in [0.25, 0.3) is 0 Å². The van der Waals surface area contributed by atoms with E-state index in [0.29, 0.717) is 13.0 Å². The predicted octanol–water partition coefficient (Wildman–Crippen LogP) is 2.83. The number of aryl methyl sites for hydroxylation is 1. The molecule has 1 atom stereocenters. The van der Waals surface area contributed by atoms with Gasteiger partial charge in [0, 0.05) is 24.1 Å². The van der Waals surface area contributed by atoms with Crippen molar-refractivity contribution in [2.45, 2.75) is 38.7 Å². The van der Waals surface area contributed by atoms with E-state index in [1.54, 1.807) is 6.26 Å². The standard InChI is InChI=1S/C17H21NO3/c1-2-12-5-6-15-13(11-21-16(15)8-12)9-17(19)18-10-14-4-3-7-20-14/h5-6,8,11,14H,2-4,7,9-10H2,1H3,(H,18,19). The molecule has 1 fully saturated rings. The van der Waals surface area contributed by atoms with Gasteiger partial charge in [-0.15, -0.1) is 0 Å². The number of fused-ring (bicyclic) bond motifs is 1. The molecule has 0 radical (unpaired) electrons. The van der Waals surface area contributed by atoms with E-state index < -0.39 is 0 Å². The van der Waals surface area contributed by atoms with Crippen LogP contribution in [0.4, 0.5) is 0 Å². The number of rotatable bonds is 5. The third-order valence-corrected chi connectivity index (χ3v) is 4.03. The molecule has 0 aliphatic carbocycles.